The normalized spacial score (nSPS) is 10.4. The SMILES string of the molecule is CCN(CC)C(=O)c1ccc(NC(=O)c2ccccc2OCc2ccc(Cl)cc2)cc1. The topological polar surface area (TPSA) is 58.6 Å². The predicted molar refractivity (Wildman–Crippen MR) is 124 cm³/mol. The molecule has 0 aromatic heterocycles. The molecule has 160 valence electrons. The Kier molecular flexibility index (Phi) is 7.68. The number of carbonyl (C=O) groups is 2. The van der Waals surface area contributed by atoms with Crippen LogP contribution >= 0.6 is 11.6 Å². The maximum atomic E-state index is 12.8. The van der Waals surface area contributed by atoms with Gasteiger partial charge < -0.3 is 15.0 Å². The van der Waals surface area contributed by atoms with Crippen LogP contribution in [0.25, 0.3) is 0 Å². The fraction of sp³-hybridized carbons (Fsp3) is 0.200. The van der Waals surface area contributed by atoms with E-state index in [2.05, 4.69) is 5.32 Å². The Labute approximate surface area is 187 Å². The minimum Gasteiger partial charge on any atom is -0.488 e. The summed E-state index contributed by atoms with van der Waals surface area (Å²) < 4.78 is 5.87. The molecule has 3 aromatic rings. The molecule has 31 heavy (non-hydrogen) atoms. The zero-order valence-electron chi connectivity index (χ0n) is 17.6. The van der Waals surface area contributed by atoms with Crippen molar-refractivity contribution in [1.29, 1.82) is 0 Å². The van der Waals surface area contributed by atoms with E-state index in [9.17, 15) is 9.59 Å². The molecule has 0 fully saturated rings. The Morgan fingerprint density at radius 1 is 0.903 bits per heavy atom. The molecule has 0 unspecified atom stereocenters. The molecule has 5 nitrogen and oxygen atoms in total. The fourth-order valence-electron chi connectivity index (χ4n) is 3.11. The largest absolute Gasteiger partial charge is 0.488 e. The second-order valence-corrected chi connectivity index (χ2v) is 7.36. The molecule has 0 spiro atoms. The van der Waals surface area contributed by atoms with Gasteiger partial charge in [0, 0.05) is 29.4 Å². The number of ether oxygens (including phenoxy) is 1. The van der Waals surface area contributed by atoms with Crippen LogP contribution in [-0.4, -0.2) is 29.8 Å². The van der Waals surface area contributed by atoms with Gasteiger partial charge in [-0.25, -0.2) is 0 Å². The number of nitrogens with zero attached hydrogens (tertiary/aromatic N) is 1. The fourth-order valence-corrected chi connectivity index (χ4v) is 3.24. The van der Waals surface area contributed by atoms with Crippen LogP contribution in [0.4, 0.5) is 5.69 Å². The lowest BCUT2D eigenvalue weighted by molar-refractivity contribution is 0.0773. The Hall–Kier alpha value is -3.31. The molecule has 3 aromatic carbocycles. The molecule has 0 saturated heterocycles. The lowest BCUT2D eigenvalue weighted by Gasteiger charge is -2.18. The van der Waals surface area contributed by atoms with E-state index < -0.39 is 0 Å². The van der Waals surface area contributed by atoms with Crippen molar-refractivity contribution in [2.24, 2.45) is 0 Å². The number of carbonyl (C=O) groups excluding carboxylic acids is 2. The Bertz CT molecular complexity index is 1030. The van der Waals surface area contributed by atoms with Gasteiger partial charge in [0.2, 0.25) is 0 Å². The molecule has 0 atom stereocenters. The number of amides is 2. The Morgan fingerprint density at radius 3 is 2.19 bits per heavy atom. The number of benzene rings is 3. The molecular formula is C25H25ClN2O3. The van der Waals surface area contributed by atoms with Crippen LogP contribution in [-0.2, 0) is 6.61 Å². The third-order valence-corrected chi connectivity index (χ3v) is 5.13. The summed E-state index contributed by atoms with van der Waals surface area (Å²) in [5.41, 5.74) is 2.58. The Balaban J connectivity index is 1.68. The summed E-state index contributed by atoms with van der Waals surface area (Å²) in [7, 11) is 0. The summed E-state index contributed by atoms with van der Waals surface area (Å²) in [6, 6.07) is 21.3. The highest BCUT2D eigenvalue weighted by molar-refractivity contribution is 6.30. The molecule has 6 heteroatoms. The number of hydrogen-bond acceptors (Lipinski definition) is 3. The van der Waals surface area contributed by atoms with Gasteiger partial charge >= 0.3 is 0 Å². The van der Waals surface area contributed by atoms with Crippen LogP contribution < -0.4 is 10.1 Å². The average molecular weight is 437 g/mol. The first kappa shape index (κ1) is 22.4. The van der Waals surface area contributed by atoms with Gasteiger partial charge in [-0.15, -0.1) is 0 Å². The first-order valence-electron chi connectivity index (χ1n) is 10.2. The van der Waals surface area contributed by atoms with Gasteiger partial charge in [0.25, 0.3) is 11.8 Å². The van der Waals surface area contributed by atoms with E-state index >= 15 is 0 Å². The van der Waals surface area contributed by atoms with E-state index in [0.29, 0.717) is 47.3 Å². The van der Waals surface area contributed by atoms with E-state index in [1.807, 2.05) is 32.0 Å². The van der Waals surface area contributed by atoms with Gasteiger partial charge in [0.15, 0.2) is 0 Å². The maximum absolute atomic E-state index is 12.8. The van der Waals surface area contributed by atoms with E-state index in [1.165, 1.54) is 0 Å². The van der Waals surface area contributed by atoms with Crippen LogP contribution in [0.2, 0.25) is 5.02 Å². The molecule has 0 aliphatic carbocycles. The number of para-hydroxylation sites is 1. The first-order chi connectivity index (χ1) is 15.0. The van der Waals surface area contributed by atoms with Gasteiger partial charge in [0.05, 0.1) is 5.56 Å². The number of halogens is 1. The van der Waals surface area contributed by atoms with Crippen molar-refractivity contribution in [3.8, 4) is 5.75 Å². The van der Waals surface area contributed by atoms with E-state index in [0.717, 1.165) is 5.56 Å². The minimum absolute atomic E-state index is 0.0242. The van der Waals surface area contributed by atoms with Crippen LogP contribution in [0.15, 0.2) is 72.8 Å². The highest BCUT2D eigenvalue weighted by Gasteiger charge is 2.15. The standard InChI is InChI=1S/C25H25ClN2O3/c1-3-28(4-2)25(30)19-11-15-21(16-12-19)27-24(29)22-7-5-6-8-23(22)31-17-18-9-13-20(26)14-10-18/h5-16H,3-4,17H2,1-2H3,(H,27,29). The van der Waals surface area contributed by atoms with Crippen LogP contribution in [0.5, 0.6) is 5.75 Å². The van der Waals surface area contributed by atoms with Gasteiger partial charge in [-0.05, 0) is 67.9 Å². The first-order valence-corrected chi connectivity index (χ1v) is 10.6. The zero-order valence-corrected chi connectivity index (χ0v) is 18.4. The molecule has 1 N–H and O–H groups in total. The van der Waals surface area contributed by atoms with Crippen molar-refractivity contribution < 1.29 is 14.3 Å². The smallest absolute Gasteiger partial charge is 0.259 e. The average Bonchev–Trinajstić information content (AvgIpc) is 2.80. The van der Waals surface area contributed by atoms with Gasteiger partial charge in [-0.2, -0.15) is 0 Å². The molecule has 2 amide bonds. The van der Waals surface area contributed by atoms with Gasteiger partial charge in [-0.1, -0.05) is 35.9 Å². The summed E-state index contributed by atoms with van der Waals surface area (Å²) in [4.78, 5) is 27.0. The number of hydrogen-bond donors (Lipinski definition) is 1. The van der Waals surface area contributed by atoms with Crippen LogP contribution in [0, 0.1) is 0 Å². The summed E-state index contributed by atoms with van der Waals surface area (Å²) in [6.07, 6.45) is 0. The number of anilines is 1. The molecule has 0 bridgehead atoms. The van der Waals surface area contributed by atoms with Crippen molar-refractivity contribution >= 4 is 29.1 Å². The molecule has 0 aliphatic heterocycles. The van der Waals surface area contributed by atoms with Crippen LogP contribution in [0.1, 0.15) is 40.1 Å². The van der Waals surface area contributed by atoms with Crippen LogP contribution in [0.3, 0.4) is 0 Å². The van der Waals surface area contributed by atoms with Crippen molar-refractivity contribution in [1.82, 2.24) is 4.90 Å². The van der Waals surface area contributed by atoms with Gasteiger partial charge in [0.1, 0.15) is 12.4 Å². The summed E-state index contributed by atoms with van der Waals surface area (Å²) >= 11 is 5.92. The maximum Gasteiger partial charge on any atom is 0.259 e. The van der Waals surface area contributed by atoms with E-state index in [-0.39, 0.29) is 11.8 Å². The van der Waals surface area contributed by atoms with Gasteiger partial charge in [-0.3, -0.25) is 9.59 Å². The Morgan fingerprint density at radius 2 is 1.55 bits per heavy atom. The predicted octanol–water partition coefficient (Wildman–Crippen LogP) is 5.65. The number of nitrogens with one attached hydrogen (secondary N) is 1. The highest BCUT2D eigenvalue weighted by atomic mass is 35.5. The summed E-state index contributed by atoms with van der Waals surface area (Å²) in [6.45, 7) is 5.52. The second-order valence-electron chi connectivity index (χ2n) is 6.92. The molecule has 0 heterocycles. The van der Waals surface area contributed by atoms with Crippen molar-refractivity contribution in [2.45, 2.75) is 20.5 Å². The number of rotatable bonds is 8. The minimum atomic E-state index is -0.283. The summed E-state index contributed by atoms with van der Waals surface area (Å²) in [5, 5.41) is 3.53. The quantitative estimate of drug-likeness (QED) is 0.496. The molecule has 3 rings (SSSR count). The third kappa shape index (κ3) is 5.86. The lowest BCUT2D eigenvalue weighted by atomic mass is 10.1. The lowest BCUT2D eigenvalue weighted by Crippen LogP contribution is -2.30. The molecular weight excluding hydrogens is 412 g/mol. The summed E-state index contributed by atoms with van der Waals surface area (Å²) in [5.74, 6) is 0.182. The third-order valence-electron chi connectivity index (χ3n) is 4.88. The zero-order chi connectivity index (χ0) is 22.2. The molecule has 0 aliphatic rings. The van der Waals surface area contributed by atoms with E-state index in [1.54, 1.807) is 59.5 Å². The van der Waals surface area contributed by atoms with Crippen molar-refractivity contribution in [2.75, 3.05) is 18.4 Å². The van der Waals surface area contributed by atoms with Crippen molar-refractivity contribution in [3.05, 3.63) is 94.5 Å². The van der Waals surface area contributed by atoms with E-state index in [4.69, 9.17) is 16.3 Å². The molecule has 0 saturated carbocycles. The molecule has 0 radical (unpaired) electrons. The highest BCUT2D eigenvalue weighted by Crippen LogP contribution is 2.22. The monoisotopic (exact) mass is 436 g/mol. The van der Waals surface area contributed by atoms with Crippen molar-refractivity contribution in [3.63, 3.8) is 0 Å². The second kappa shape index (κ2) is 10.6.